The number of ether oxygens (including phenoxy) is 3. The average molecular weight is 1110 g/mol. The molecular formula is C74H124O6. The van der Waals surface area contributed by atoms with Crippen molar-refractivity contribution >= 4 is 17.9 Å². The van der Waals surface area contributed by atoms with E-state index in [-0.39, 0.29) is 31.1 Å². The van der Waals surface area contributed by atoms with E-state index in [2.05, 4.69) is 142 Å². The molecule has 0 spiro atoms. The summed E-state index contributed by atoms with van der Waals surface area (Å²) in [7, 11) is 0. The van der Waals surface area contributed by atoms with Gasteiger partial charge in [0.05, 0.1) is 0 Å². The van der Waals surface area contributed by atoms with Crippen LogP contribution >= 0.6 is 0 Å². The van der Waals surface area contributed by atoms with E-state index in [0.717, 1.165) is 128 Å². The highest BCUT2D eigenvalue weighted by atomic mass is 16.6. The lowest BCUT2D eigenvalue weighted by molar-refractivity contribution is -0.167. The second-order valence-electron chi connectivity index (χ2n) is 22.0. The maximum absolute atomic E-state index is 13.0. The summed E-state index contributed by atoms with van der Waals surface area (Å²) in [5.74, 6) is -0.899. The van der Waals surface area contributed by atoms with Gasteiger partial charge in [0.25, 0.3) is 0 Å². The first-order valence-electron chi connectivity index (χ1n) is 33.5. The van der Waals surface area contributed by atoms with Gasteiger partial charge in [-0.25, -0.2) is 0 Å². The molecule has 0 N–H and O–H groups in total. The first-order valence-corrected chi connectivity index (χ1v) is 33.5. The summed E-state index contributed by atoms with van der Waals surface area (Å²) >= 11 is 0. The van der Waals surface area contributed by atoms with Gasteiger partial charge < -0.3 is 14.2 Å². The fraction of sp³-hybridized carbons (Fsp3) is 0.689. The third-order valence-electron chi connectivity index (χ3n) is 14.2. The van der Waals surface area contributed by atoms with Crippen LogP contribution in [0.25, 0.3) is 0 Å². The van der Waals surface area contributed by atoms with E-state index in [1.165, 1.54) is 141 Å². The van der Waals surface area contributed by atoms with Gasteiger partial charge in [0, 0.05) is 19.3 Å². The van der Waals surface area contributed by atoms with Crippen LogP contribution in [0.2, 0.25) is 0 Å². The van der Waals surface area contributed by atoms with Crippen molar-refractivity contribution < 1.29 is 28.6 Å². The van der Waals surface area contributed by atoms with Gasteiger partial charge in [-0.2, -0.15) is 0 Å². The maximum atomic E-state index is 13.0. The van der Waals surface area contributed by atoms with E-state index >= 15 is 0 Å². The van der Waals surface area contributed by atoms with Crippen molar-refractivity contribution in [2.45, 2.75) is 316 Å². The van der Waals surface area contributed by atoms with Gasteiger partial charge in [-0.05, 0) is 128 Å². The van der Waals surface area contributed by atoms with Crippen molar-refractivity contribution in [3.05, 3.63) is 122 Å². The van der Waals surface area contributed by atoms with Crippen LogP contribution in [-0.4, -0.2) is 37.2 Å². The molecule has 1 unspecified atom stereocenters. The zero-order valence-electron chi connectivity index (χ0n) is 52.3. The molecule has 6 heteroatoms. The summed E-state index contributed by atoms with van der Waals surface area (Å²) in [5.41, 5.74) is 0. The van der Waals surface area contributed by atoms with Crippen LogP contribution in [0.15, 0.2) is 122 Å². The topological polar surface area (TPSA) is 78.9 Å². The predicted octanol–water partition coefficient (Wildman–Crippen LogP) is 23.2. The molecule has 0 aromatic heterocycles. The molecule has 0 heterocycles. The number of rotatable bonds is 60. The summed E-state index contributed by atoms with van der Waals surface area (Å²) in [6, 6.07) is 0. The Kier molecular flexibility index (Phi) is 63.8. The normalized spacial score (nSPS) is 12.9. The van der Waals surface area contributed by atoms with Crippen molar-refractivity contribution in [2.24, 2.45) is 0 Å². The molecule has 0 saturated heterocycles. The molecule has 0 rings (SSSR count). The van der Waals surface area contributed by atoms with Crippen molar-refractivity contribution in [3.63, 3.8) is 0 Å². The van der Waals surface area contributed by atoms with Crippen LogP contribution in [0.3, 0.4) is 0 Å². The molecule has 0 saturated carbocycles. The van der Waals surface area contributed by atoms with Gasteiger partial charge in [0.15, 0.2) is 6.10 Å². The molecule has 0 aliphatic carbocycles. The van der Waals surface area contributed by atoms with Gasteiger partial charge in [0.1, 0.15) is 13.2 Å². The van der Waals surface area contributed by atoms with E-state index in [1.807, 2.05) is 0 Å². The number of esters is 3. The highest BCUT2D eigenvalue weighted by Crippen LogP contribution is 2.16. The van der Waals surface area contributed by atoms with Crippen LogP contribution in [0.5, 0.6) is 0 Å². The summed E-state index contributed by atoms with van der Waals surface area (Å²) in [4.78, 5) is 38.5. The van der Waals surface area contributed by atoms with Crippen LogP contribution in [0, 0.1) is 0 Å². The predicted molar refractivity (Wildman–Crippen MR) is 348 cm³/mol. The van der Waals surface area contributed by atoms with Gasteiger partial charge >= 0.3 is 17.9 Å². The van der Waals surface area contributed by atoms with Crippen LogP contribution in [0.4, 0.5) is 0 Å². The molecule has 0 aliphatic rings. The summed E-state index contributed by atoms with van der Waals surface area (Å²) in [6.07, 6.45) is 93.4. The Bertz CT molecular complexity index is 1650. The van der Waals surface area contributed by atoms with Crippen molar-refractivity contribution in [2.75, 3.05) is 13.2 Å². The van der Waals surface area contributed by atoms with E-state index in [4.69, 9.17) is 14.2 Å². The number of hydrogen-bond acceptors (Lipinski definition) is 6. The minimum absolute atomic E-state index is 0.0877. The molecule has 0 aromatic rings. The van der Waals surface area contributed by atoms with Crippen molar-refractivity contribution in [1.29, 1.82) is 0 Å². The largest absolute Gasteiger partial charge is 0.462 e. The second kappa shape index (κ2) is 67.3. The molecular weight excluding hydrogens is 985 g/mol. The lowest BCUT2D eigenvalue weighted by atomic mass is 10.1. The number of allylic oxidation sites excluding steroid dienone is 20. The first kappa shape index (κ1) is 75.8. The van der Waals surface area contributed by atoms with E-state index in [0.29, 0.717) is 19.3 Å². The summed E-state index contributed by atoms with van der Waals surface area (Å²) < 4.78 is 17.0. The van der Waals surface area contributed by atoms with E-state index < -0.39 is 6.10 Å². The molecule has 0 aromatic carbocycles. The molecule has 80 heavy (non-hydrogen) atoms. The minimum atomic E-state index is -0.793. The number of carbonyl (C=O) groups is 3. The molecule has 1 atom stereocenters. The number of carbonyl (C=O) groups excluding carboxylic acids is 3. The molecule has 0 radical (unpaired) electrons. The third kappa shape index (κ3) is 64.6. The smallest absolute Gasteiger partial charge is 0.306 e. The monoisotopic (exact) mass is 1110 g/mol. The third-order valence-corrected chi connectivity index (χ3v) is 14.2. The Morgan fingerprint density at radius 1 is 0.263 bits per heavy atom. The first-order chi connectivity index (χ1) is 39.5. The molecule has 456 valence electrons. The Balaban J connectivity index is 4.42. The van der Waals surface area contributed by atoms with Gasteiger partial charge in [-0.15, -0.1) is 0 Å². The Labute approximate surface area is 494 Å². The van der Waals surface area contributed by atoms with E-state index in [9.17, 15) is 14.4 Å². The quantitative estimate of drug-likeness (QED) is 0.0261. The van der Waals surface area contributed by atoms with Gasteiger partial charge in [-0.3, -0.25) is 14.4 Å². The molecule has 0 fully saturated rings. The Morgan fingerprint density at radius 2 is 0.487 bits per heavy atom. The van der Waals surface area contributed by atoms with Crippen LogP contribution in [-0.2, 0) is 28.6 Å². The van der Waals surface area contributed by atoms with Gasteiger partial charge in [-0.1, -0.05) is 284 Å². The van der Waals surface area contributed by atoms with Gasteiger partial charge in [0.2, 0.25) is 0 Å². The summed E-state index contributed by atoms with van der Waals surface area (Å²) in [6.45, 7) is 6.41. The molecule has 6 nitrogen and oxygen atoms in total. The average Bonchev–Trinajstić information content (AvgIpc) is 3.46. The summed E-state index contributed by atoms with van der Waals surface area (Å²) in [5, 5.41) is 0. The van der Waals surface area contributed by atoms with E-state index in [1.54, 1.807) is 0 Å². The fourth-order valence-corrected chi connectivity index (χ4v) is 9.22. The standard InChI is InChI=1S/C74H124O6/c1-4-7-10-13-16-19-22-25-28-31-34-36-37-39-40-43-46-49-52-55-58-61-64-67-73(76)79-70-71(69-78-72(75)66-63-60-57-54-51-48-45-42-33-30-27-24-21-18-15-12-9-6-3)80-74(77)68-65-62-59-56-53-50-47-44-41-38-35-32-29-26-23-20-17-14-11-8-5-2/h7-8,10-11,16-17,19-21,24-26,28-30,33-36,38,71H,4-6,9,12-15,18,22-23,27,31-32,37,39-70H2,1-3H3/b10-7-,11-8-,19-16-,20-17-,24-21-,28-25-,29-26-,33-30-,36-34-,38-35-. The molecule has 0 aliphatic heterocycles. The molecule has 0 amide bonds. The number of hydrogen-bond donors (Lipinski definition) is 0. The second-order valence-corrected chi connectivity index (χ2v) is 22.0. The SMILES string of the molecule is CC/C=C\C/C=C\C/C=C\C/C=C\CCCCCCCCCCCCC(=O)OCC(COC(=O)CCCCCCCCC/C=C\C/C=C\CCCCCC)OC(=O)CCCCCCCCCC/C=C\C/C=C\C/C=C\C/C=C\CC. The maximum Gasteiger partial charge on any atom is 0.306 e. The van der Waals surface area contributed by atoms with Crippen LogP contribution in [0.1, 0.15) is 310 Å². The molecule has 0 bridgehead atoms. The minimum Gasteiger partial charge on any atom is -0.462 e. The lowest BCUT2D eigenvalue weighted by Gasteiger charge is -2.18. The fourth-order valence-electron chi connectivity index (χ4n) is 9.22. The highest BCUT2D eigenvalue weighted by Gasteiger charge is 2.19. The Morgan fingerprint density at radius 3 is 0.762 bits per heavy atom. The number of unbranched alkanes of at least 4 members (excludes halogenated alkanes) is 29. The van der Waals surface area contributed by atoms with Crippen molar-refractivity contribution in [1.82, 2.24) is 0 Å². The van der Waals surface area contributed by atoms with Crippen LogP contribution < -0.4 is 0 Å². The lowest BCUT2D eigenvalue weighted by Crippen LogP contribution is -2.30. The zero-order chi connectivity index (χ0) is 57.8. The Hall–Kier alpha value is -4.19. The zero-order valence-corrected chi connectivity index (χ0v) is 52.3. The van der Waals surface area contributed by atoms with Crippen molar-refractivity contribution in [3.8, 4) is 0 Å². The highest BCUT2D eigenvalue weighted by molar-refractivity contribution is 5.71.